The number of Topliss-reactive ketones (excluding diaryl/α,β-unsaturated/α-hetero) is 1. The molecule has 1 aliphatic rings. The summed E-state index contributed by atoms with van der Waals surface area (Å²) in [6, 6.07) is 15.2. The Labute approximate surface area is 194 Å². The van der Waals surface area contributed by atoms with Gasteiger partial charge in [0.15, 0.2) is 5.76 Å². The lowest BCUT2D eigenvalue weighted by Crippen LogP contribution is -1.99. The van der Waals surface area contributed by atoms with Crippen molar-refractivity contribution in [3.05, 3.63) is 94.1 Å². The molecule has 1 aromatic heterocycles. The van der Waals surface area contributed by atoms with Gasteiger partial charge in [0.1, 0.15) is 29.7 Å². The number of carbonyl (C=O) groups is 1. The summed E-state index contributed by atoms with van der Waals surface area (Å²) in [6.45, 7) is -0.0429. The van der Waals surface area contributed by atoms with Crippen molar-refractivity contribution in [1.29, 1.82) is 0 Å². The molecule has 0 spiro atoms. The van der Waals surface area contributed by atoms with Gasteiger partial charge < -0.3 is 18.8 Å². The molecule has 7 heteroatoms. The zero-order valence-electron chi connectivity index (χ0n) is 17.9. The average molecular weight is 464 g/mol. The Morgan fingerprint density at radius 2 is 1.94 bits per heavy atom. The molecule has 0 amide bonds. The molecule has 0 saturated heterocycles. The van der Waals surface area contributed by atoms with Gasteiger partial charge in [-0.1, -0.05) is 17.7 Å². The lowest BCUT2D eigenvalue weighted by atomic mass is 10.1. The Morgan fingerprint density at radius 3 is 2.73 bits per heavy atom. The van der Waals surface area contributed by atoms with Gasteiger partial charge in [0, 0.05) is 41.3 Å². The lowest BCUT2D eigenvalue weighted by molar-refractivity contribution is 0.101. The number of allylic oxidation sites excluding steroid dienone is 1. The quantitative estimate of drug-likeness (QED) is 0.332. The smallest absolute Gasteiger partial charge is 0.231 e. The minimum absolute atomic E-state index is 0.0429. The molecule has 0 atom stereocenters. The summed E-state index contributed by atoms with van der Waals surface area (Å²) in [4.78, 5) is 12.9. The highest BCUT2D eigenvalue weighted by atomic mass is 35.5. The van der Waals surface area contributed by atoms with Crippen LogP contribution in [0.15, 0.2) is 66.6 Å². The Bertz CT molecular complexity index is 1420. The summed E-state index contributed by atoms with van der Waals surface area (Å²) in [6.07, 6.45) is 3.66. The highest BCUT2D eigenvalue weighted by Crippen LogP contribution is 2.36. The van der Waals surface area contributed by atoms with E-state index in [2.05, 4.69) is 0 Å². The number of aryl methyl sites for hydroxylation is 1. The van der Waals surface area contributed by atoms with Crippen LogP contribution in [0, 0.1) is 5.82 Å². The van der Waals surface area contributed by atoms with E-state index in [9.17, 15) is 9.18 Å². The van der Waals surface area contributed by atoms with E-state index in [1.54, 1.807) is 37.5 Å². The second kappa shape index (κ2) is 8.30. The van der Waals surface area contributed by atoms with Crippen molar-refractivity contribution in [2.45, 2.75) is 6.61 Å². The molecule has 0 fully saturated rings. The molecule has 5 nitrogen and oxygen atoms in total. The number of carbonyl (C=O) groups excluding carboxylic acids is 1. The maximum absolute atomic E-state index is 14.0. The summed E-state index contributed by atoms with van der Waals surface area (Å²) in [5.74, 6) is 1.13. The van der Waals surface area contributed by atoms with Gasteiger partial charge in [-0.15, -0.1) is 0 Å². The second-order valence-electron chi connectivity index (χ2n) is 7.67. The van der Waals surface area contributed by atoms with Crippen LogP contribution in [0.25, 0.3) is 17.0 Å². The van der Waals surface area contributed by atoms with Gasteiger partial charge in [-0.25, -0.2) is 4.39 Å². The fraction of sp³-hybridized carbons (Fsp3) is 0.115. The predicted molar refractivity (Wildman–Crippen MR) is 125 cm³/mol. The molecule has 3 aromatic carbocycles. The summed E-state index contributed by atoms with van der Waals surface area (Å²) in [5.41, 5.74) is 2.56. The van der Waals surface area contributed by atoms with Gasteiger partial charge in [-0.2, -0.15) is 0 Å². The van der Waals surface area contributed by atoms with E-state index in [0.717, 1.165) is 22.2 Å². The number of nitrogens with zero attached hydrogens (tertiary/aromatic N) is 1. The van der Waals surface area contributed by atoms with Crippen molar-refractivity contribution < 1.29 is 23.4 Å². The fourth-order valence-corrected chi connectivity index (χ4v) is 4.09. The fourth-order valence-electron chi connectivity index (χ4n) is 3.87. The molecular formula is C26H19ClFNO4. The first-order valence-electron chi connectivity index (χ1n) is 10.2. The van der Waals surface area contributed by atoms with Gasteiger partial charge in [0.25, 0.3) is 0 Å². The Kier molecular flexibility index (Phi) is 5.30. The number of aromatic nitrogens is 1. The van der Waals surface area contributed by atoms with Crippen LogP contribution in [0.3, 0.4) is 0 Å². The zero-order valence-corrected chi connectivity index (χ0v) is 18.7. The Morgan fingerprint density at radius 1 is 1.12 bits per heavy atom. The maximum Gasteiger partial charge on any atom is 0.231 e. The lowest BCUT2D eigenvalue weighted by Gasteiger charge is -2.09. The van der Waals surface area contributed by atoms with E-state index in [4.69, 9.17) is 25.8 Å². The van der Waals surface area contributed by atoms with E-state index in [1.165, 1.54) is 12.1 Å². The number of hydrogen-bond acceptors (Lipinski definition) is 4. The summed E-state index contributed by atoms with van der Waals surface area (Å²) >= 11 is 6.06. The molecular weight excluding hydrogens is 445 g/mol. The molecule has 0 aliphatic carbocycles. The summed E-state index contributed by atoms with van der Waals surface area (Å²) in [7, 11) is 3.55. The standard InChI is InChI=1S/C26H19ClFNO4/c1-29-13-15(19-11-16(31-2)7-9-23(19)29)10-25-26(30)18-8-6-17(12-24(18)33-25)32-14-20-21(27)4-3-5-22(20)28/h3-13H,14H2,1-2H3/b25-10+. The summed E-state index contributed by atoms with van der Waals surface area (Å²) in [5, 5.41) is 1.24. The summed E-state index contributed by atoms with van der Waals surface area (Å²) < 4.78 is 32.9. The molecule has 1 aliphatic heterocycles. The third-order valence-corrected chi connectivity index (χ3v) is 5.95. The third kappa shape index (κ3) is 3.83. The topological polar surface area (TPSA) is 49.7 Å². The van der Waals surface area contributed by atoms with Crippen molar-refractivity contribution in [3.63, 3.8) is 0 Å². The molecule has 4 aromatic rings. The molecule has 0 bridgehead atoms. The number of ether oxygens (including phenoxy) is 3. The first kappa shape index (κ1) is 21.1. The number of benzene rings is 3. The van der Waals surface area contributed by atoms with Gasteiger partial charge >= 0.3 is 0 Å². The van der Waals surface area contributed by atoms with Gasteiger partial charge in [-0.05, 0) is 48.5 Å². The van der Waals surface area contributed by atoms with Gasteiger partial charge in [-0.3, -0.25) is 4.79 Å². The number of fused-ring (bicyclic) bond motifs is 2. The molecule has 2 heterocycles. The van der Waals surface area contributed by atoms with Crippen molar-refractivity contribution >= 4 is 34.4 Å². The molecule has 166 valence electrons. The van der Waals surface area contributed by atoms with Crippen LogP contribution in [0.1, 0.15) is 21.5 Å². The molecule has 0 N–H and O–H groups in total. The molecule has 0 radical (unpaired) electrons. The monoisotopic (exact) mass is 463 g/mol. The van der Waals surface area contributed by atoms with Crippen LogP contribution in [0.4, 0.5) is 4.39 Å². The maximum atomic E-state index is 14.0. The van der Waals surface area contributed by atoms with Crippen LogP contribution < -0.4 is 14.2 Å². The highest BCUT2D eigenvalue weighted by molar-refractivity contribution is 6.31. The molecule has 0 saturated carbocycles. The average Bonchev–Trinajstić information content (AvgIpc) is 3.29. The van der Waals surface area contributed by atoms with Crippen molar-refractivity contribution in [2.24, 2.45) is 7.05 Å². The Balaban J connectivity index is 1.41. The molecule has 5 rings (SSSR count). The first-order valence-corrected chi connectivity index (χ1v) is 10.6. The third-order valence-electron chi connectivity index (χ3n) is 5.60. The van der Waals surface area contributed by atoms with E-state index in [1.807, 2.05) is 36.0 Å². The molecule has 33 heavy (non-hydrogen) atoms. The van der Waals surface area contributed by atoms with E-state index in [0.29, 0.717) is 22.1 Å². The van der Waals surface area contributed by atoms with Crippen LogP contribution in [0.2, 0.25) is 5.02 Å². The largest absolute Gasteiger partial charge is 0.497 e. The van der Waals surface area contributed by atoms with Crippen molar-refractivity contribution in [3.8, 4) is 17.2 Å². The SMILES string of the molecule is COc1ccc2c(c1)c(/C=C1/Oc3cc(OCc4c(F)cccc4Cl)ccc3C1=O)cn2C. The molecule has 0 unspecified atom stereocenters. The minimum atomic E-state index is -0.438. The first-order chi connectivity index (χ1) is 15.9. The van der Waals surface area contributed by atoms with Crippen LogP contribution in [-0.4, -0.2) is 17.5 Å². The number of hydrogen-bond donors (Lipinski definition) is 0. The van der Waals surface area contributed by atoms with Gasteiger partial charge in [0.05, 0.1) is 17.7 Å². The van der Waals surface area contributed by atoms with E-state index < -0.39 is 5.82 Å². The number of rotatable bonds is 5. The van der Waals surface area contributed by atoms with Gasteiger partial charge in [0.2, 0.25) is 5.78 Å². The Hall–Kier alpha value is -3.77. The predicted octanol–water partition coefficient (Wildman–Crippen LogP) is 6.17. The van der Waals surface area contributed by atoms with E-state index in [-0.39, 0.29) is 23.7 Å². The van der Waals surface area contributed by atoms with Crippen LogP contribution >= 0.6 is 11.6 Å². The normalized spacial score (nSPS) is 13.9. The van der Waals surface area contributed by atoms with Crippen LogP contribution in [-0.2, 0) is 13.7 Å². The minimum Gasteiger partial charge on any atom is -0.497 e. The highest BCUT2D eigenvalue weighted by Gasteiger charge is 2.28. The van der Waals surface area contributed by atoms with E-state index >= 15 is 0 Å². The van der Waals surface area contributed by atoms with Crippen molar-refractivity contribution in [1.82, 2.24) is 4.57 Å². The van der Waals surface area contributed by atoms with Crippen LogP contribution in [0.5, 0.6) is 17.2 Å². The number of ketones is 1. The van der Waals surface area contributed by atoms with Crippen molar-refractivity contribution in [2.75, 3.05) is 7.11 Å². The number of methoxy groups -OCH3 is 1. The number of halogens is 2. The second-order valence-corrected chi connectivity index (χ2v) is 8.07. The zero-order chi connectivity index (χ0) is 23.1.